The molecule has 0 unspecified atom stereocenters. The average Bonchev–Trinajstić information content (AvgIpc) is 2.66. The number of hydrogen-bond acceptors (Lipinski definition) is 4. The first-order chi connectivity index (χ1) is 7.97. The molecule has 98 valence electrons. The van der Waals surface area contributed by atoms with E-state index in [4.69, 9.17) is 0 Å². The highest BCUT2D eigenvalue weighted by Gasteiger charge is 2.31. The van der Waals surface area contributed by atoms with Gasteiger partial charge in [0.25, 0.3) is 0 Å². The normalized spacial score (nSPS) is 25.2. The Kier molecular flexibility index (Phi) is 5.15. The second-order valence-corrected chi connectivity index (χ2v) is 4.94. The summed E-state index contributed by atoms with van der Waals surface area (Å²) in [6, 6.07) is 1.10. The molecule has 1 rings (SSSR count). The Morgan fingerprint density at radius 1 is 1.47 bits per heavy atom. The first kappa shape index (κ1) is 14.2. The highest BCUT2D eigenvalue weighted by atomic mass is 16.5. The summed E-state index contributed by atoms with van der Waals surface area (Å²) in [7, 11) is 5.55. The van der Waals surface area contributed by atoms with E-state index in [0.29, 0.717) is 24.1 Å². The summed E-state index contributed by atoms with van der Waals surface area (Å²) in [6.07, 6.45) is 4.09. The lowest BCUT2D eigenvalue weighted by atomic mass is 10.1. The lowest BCUT2D eigenvalue weighted by Crippen LogP contribution is -2.44. The van der Waals surface area contributed by atoms with Crippen molar-refractivity contribution in [2.75, 3.05) is 21.2 Å². The SMILES string of the molecule is C=C(CC[C@H]1CC[C@@H](C)N1N(C)C)C(=O)OC. The molecule has 0 aromatic rings. The summed E-state index contributed by atoms with van der Waals surface area (Å²) in [5.41, 5.74) is 0.575. The fourth-order valence-corrected chi connectivity index (χ4v) is 2.64. The van der Waals surface area contributed by atoms with Gasteiger partial charge in [-0.3, -0.25) is 0 Å². The number of methoxy groups -OCH3 is 1. The van der Waals surface area contributed by atoms with Crippen LogP contribution in [0, 0.1) is 0 Å². The smallest absolute Gasteiger partial charge is 0.333 e. The number of esters is 1. The van der Waals surface area contributed by atoms with Crippen molar-refractivity contribution >= 4 is 5.97 Å². The minimum atomic E-state index is -0.285. The highest BCUT2D eigenvalue weighted by Crippen LogP contribution is 2.28. The van der Waals surface area contributed by atoms with Crippen LogP contribution in [0.4, 0.5) is 0 Å². The third kappa shape index (κ3) is 3.54. The summed E-state index contributed by atoms with van der Waals surface area (Å²) in [5, 5.41) is 4.55. The van der Waals surface area contributed by atoms with Gasteiger partial charge in [-0.05, 0) is 32.6 Å². The molecule has 0 aliphatic carbocycles. The van der Waals surface area contributed by atoms with Crippen LogP contribution < -0.4 is 0 Å². The van der Waals surface area contributed by atoms with Crippen LogP contribution in [-0.4, -0.2) is 49.3 Å². The third-order valence-electron chi connectivity index (χ3n) is 3.46. The van der Waals surface area contributed by atoms with Crippen molar-refractivity contribution in [3.05, 3.63) is 12.2 Å². The van der Waals surface area contributed by atoms with E-state index in [1.807, 2.05) is 0 Å². The lowest BCUT2D eigenvalue weighted by Gasteiger charge is -2.34. The largest absolute Gasteiger partial charge is 0.466 e. The minimum absolute atomic E-state index is 0.285. The van der Waals surface area contributed by atoms with Crippen LogP contribution in [0.1, 0.15) is 32.6 Å². The zero-order valence-corrected chi connectivity index (χ0v) is 11.4. The number of ether oxygens (including phenoxy) is 1. The van der Waals surface area contributed by atoms with Crippen LogP contribution in [0.3, 0.4) is 0 Å². The molecular formula is C13H24N2O2. The van der Waals surface area contributed by atoms with Crippen LogP contribution >= 0.6 is 0 Å². The zero-order chi connectivity index (χ0) is 13.0. The topological polar surface area (TPSA) is 32.8 Å². The molecule has 2 atom stereocenters. The van der Waals surface area contributed by atoms with Crippen LogP contribution in [0.25, 0.3) is 0 Å². The molecular weight excluding hydrogens is 216 g/mol. The van der Waals surface area contributed by atoms with E-state index in [1.165, 1.54) is 20.0 Å². The second-order valence-electron chi connectivity index (χ2n) is 4.94. The van der Waals surface area contributed by atoms with Gasteiger partial charge in [0.2, 0.25) is 0 Å². The standard InChI is InChI=1S/C13H24N2O2/c1-10(13(16)17-5)6-8-12-9-7-11(2)15(12)14(3)4/h11-12H,1,6-9H2,2-5H3/t11-,12+/m1/s1. The van der Waals surface area contributed by atoms with Crippen LogP contribution in [0.15, 0.2) is 12.2 Å². The number of rotatable bonds is 5. The van der Waals surface area contributed by atoms with Crippen molar-refractivity contribution in [3.63, 3.8) is 0 Å². The van der Waals surface area contributed by atoms with Crippen molar-refractivity contribution < 1.29 is 9.53 Å². The Hall–Kier alpha value is -0.870. The summed E-state index contributed by atoms with van der Waals surface area (Å²) in [4.78, 5) is 11.3. The average molecular weight is 240 g/mol. The lowest BCUT2D eigenvalue weighted by molar-refractivity contribution is -0.136. The molecule has 1 fully saturated rings. The number of hydrazine groups is 1. The molecule has 1 aliphatic heterocycles. The maximum absolute atomic E-state index is 11.3. The Morgan fingerprint density at radius 3 is 2.65 bits per heavy atom. The molecule has 0 saturated carbocycles. The van der Waals surface area contributed by atoms with E-state index in [9.17, 15) is 4.79 Å². The summed E-state index contributed by atoms with van der Waals surface area (Å²) >= 11 is 0. The molecule has 17 heavy (non-hydrogen) atoms. The summed E-state index contributed by atoms with van der Waals surface area (Å²) in [5.74, 6) is -0.285. The molecule has 1 heterocycles. The molecule has 0 aromatic heterocycles. The van der Waals surface area contributed by atoms with Crippen LogP contribution in [0.2, 0.25) is 0 Å². The van der Waals surface area contributed by atoms with Gasteiger partial charge < -0.3 is 4.74 Å². The predicted octanol–water partition coefficient (Wildman–Crippen LogP) is 1.83. The van der Waals surface area contributed by atoms with Crippen molar-refractivity contribution in [3.8, 4) is 0 Å². The second kappa shape index (κ2) is 6.17. The molecule has 0 spiro atoms. The van der Waals surface area contributed by atoms with Crippen molar-refractivity contribution in [1.29, 1.82) is 0 Å². The van der Waals surface area contributed by atoms with Gasteiger partial charge in [-0.15, -0.1) is 0 Å². The molecule has 1 aliphatic rings. The highest BCUT2D eigenvalue weighted by molar-refractivity contribution is 5.87. The Morgan fingerprint density at radius 2 is 2.12 bits per heavy atom. The molecule has 1 saturated heterocycles. The van der Waals surface area contributed by atoms with E-state index >= 15 is 0 Å². The Balaban J connectivity index is 2.46. The van der Waals surface area contributed by atoms with E-state index in [-0.39, 0.29) is 5.97 Å². The van der Waals surface area contributed by atoms with Crippen molar-refractivity contribution in [2.24, 2.45) is 0 Å². The van der Waals surface area contributed by atoms with Gasteiger partial charge >= 0.3 is 5.97 Å². The maximum Gasteiger partial charge on any atom is 0.333 e. The van der Waals surface area contributed by atoms with Gasteiger partial charge in [-0.1, -0.05) is 6.58 Å². The summed E-state index contributed by atoms with van der Waals surface area (Å²) < 4.78 is 4.66. The Bertz CT molecular complexity index is 289. The molecule has 4 heteroatoms. The minimum Gasteiger partial charge on any atom is -0.466 e. The molecule has 0 aromatic carbocycles. The van der Waals surface area contributed by atoms with Gasteiger partial charge in [-0.2, -0.15) is 0 Å². The van der Waals surface area contributed by atoms with Gasteiger partial charge in [0.1, 0.15) is 0 Å². The first-order valence-electron chi connectivity index (χ1n) is 6.19. The molecule has 4 nitrogen and oxygen atoms in total. The van der Waals surface area contributed by atoms with Crippen molar-refractivity contribution in [1.82, 2.24) is 10.0 Å². The molecule has 0 radical (unpaired) electrons. The summed E-state index contributed by atoms with van der Waals surface area (Å²) in [6.45, 7) is 6.01. The van der Waals surface area contributed by atoms with Gasteiger partial charge in [0, 0.05) is 31.8 Å². The fourth-order valence-electron chi connectivity index (χ4n) is 2.64. The first-order valence-corrected chi connectivity index (χ1v) is 6.19. The molecule has 0 N–H and O–H groups in total. The fraction of sp³-hybridized carbons (Fsp3) is 0.769. The van der Waals surface area contributed by atoms with Crippen molar-refractivity contribution in [2.45, 2.75) is 44.7 Å². The number of hydrogen-bond donors (Lipinski definition) is 0. The van der Waals surface area contributed by atoms with Gasteiger partial charge in [0.15, 0.2) is 0 Å². The number of nitrogens with zero attached hydrogens (tertiary/aromatic N) is 2. The van der Waals surface area contributed by atoms with Crippen LogP contribution in [-0.2, 0) is 9.53 Å². The van der Waals surface area contributed by atoms with Gasteiger partial charge in [0.05, 0.1) is 7.11 Å². The van der Waals surface area contributed by atoms with E-state index < -0.39 is 0 Å². The van der Waals surface area contributed by atoms with Gasteiger partial charge in [-0.25, -0.2) is 14.8 Å². The molecule has 0 bridgehead atoms. The maximum atomic E-state index is 11.3. The monoisotopic (exact) mass is 240 g/mol. The van der Waals surface area contributed by atoms with Crippen LogP contribution in [0.5, 0.6) is 0 Å². The molecule has 0 amide bonds. The Labute approximate surface area is 104 Å². The third-order valence-corrected chi connectivity index (χ3v) is 3.46. The van der Waals surface area contributed by atoms with E-state index in [1.54, 1.807) is 0 Å². The van der Waals surface area contributed by atoms with E-state index in [0.717, 1.165) is 6.42 Å². The van der Waals surface area contributed by atoms with E-state index in [2.05, 4.69) is 42.4 Å². The quantitative estimate of drug-likeness (QED) is 0.542. The zero-order valence-electron chi connectivity index (χ0n) is 11.4. The number of carbonyl (C=O) groups is 1. The predicted molar refractivity (Wildman–Crippen MR) is 68.4 cm³/mol. The number of carbonyl (C=O) groups excluding carboxylic acids is 1.